The lowest BCUT2D eigenvalue weighted by Crippen LogP contribution is -2.50. The third-order valence-electron chi connectivity index (χ3n) is 5.67. The van der Waals surface area contributed by atoms with Gasteiger partial charge in [-0.2, -0.15) is 5.06 Å². The lowest BCUT2D eigenvalue weighted by atomic mass is 10.0. The molecule has 2 unspecified atom stereocenters. The molecule has 4 atom stereocenters. The number of fused-ring (bicyclic) bond motifs is 2. The molecule has 10 nitrogen and oxygen atoms in total. The summed E-state index contributed by atoms with van der Waals surface area (Å²) in [4.78, 5) is 33.9. The number of carbonyl (C=O) groups excluding carboxylic acids is 2. The van der Waals surface area contributed by atoms with Gasteiger partial charge in [0.15, 0.2) is 0 Å². The van der Waals surface area contributed by atoms with E-state index in [1.165, 1.54) is 9.96 Å². The second-order valence-corrected chi connectivity index (χ2v) is 7.37. The van der Waals surface area contributed by atoms with E-state index in [0.717, 1.165) is 26.1 Å². The van der Waals surface area contributed by atoms with E-state index in [4.69, 9.17) is 13.9 Å². The summed E-state index contributed by atoms with van der Waals surface area (Å²) in [7, 11) is 0. The molecule has 146 valence electrons. The summed E-state index contributed by atoms with van der Waals surface area (Å²) in [5, 5.41) is 4.64. The average molecular weight is 387 g/mol. The fourth-order valence-electron chi connectivity index (χ4n) is 4.21. The maximum atomic E-state index is 12.4. The fraction of sp³-hybridized carbons (Fsp3) is 0.867. The Kier molecular flexibility index (Phi) is 5.53. The normalized spacial score (nSPS) is 34.7. The van der Waals surface area contributed by atoms with Crippen molar-refractivity contribution in [3.63, 3.8) is 0 Å². The number of urea groups is 1. The molecule has 4 heterocycles. The number of ether oxygens (including phenoxy) is 1. The third-order valence-corrected chi connectivity index (χ3v) is 5.84. The first-order chi connectivity index (χ1) is 12.7. The summed E-state index contributed by atoms with van der Waals surface area (Å²) >= 11 is 3.72. The standard InChI is InChI=1S/C15H25N5O5S/c21-14(13-2-1-11-7-19(13)15(22)20(11)25-26)17-24-8-10-5-12(6-16-10)18-3-4-23-9-18/h10-13,16,26H,1-9H2,(H,17,21)/t10-,11?,12+,13?/m1/s1. The molecular weight excluding hydrogens is 362 g/mol. The van der Waals surface area contributed by atoms with Crippen LogP contribution in [0.5, 0.6) is 0 Å². The highest BCUT2D eigenvalue weighted by molar-refractivity contribution is 7.75. The van der Waals surface area contributed by atoms with Gasteiger partial charge >= 0.3 is 6.03 Å². The molecule has 2 N–H and O–H groups in total. The minimum atomic E-state index is -0.529. The van der Waals surface area contributed by atoms with Gasteiger partial charge in [-0.05, 0) is 19.3 Å². The van der Waals surface area contributed by atoms with Crippen molar-refractivity contribution in [1.29, 1.82) is 0 Å². The van der Waals surface area contributed by atoms with Gasteiger partial charge in [0.1, 0.15) is 6.04 Å². The van der Waals surface area contributed by atoms with Gasteiger partial charge in [-0.15, -0.1) is 0 Å². The van der Waals surface area contributed by atoms with E-state index in [0.29, 0.717) is 38.8 Å². The second kappa shape index (κ2) is 7.87. The van der Waals surface area contributed by atoms with Crippen LogP contribution in [-0.2, 0) is 18.7 Å². The smallest absolute Gasteiger partial charge is 0.345 e. The van der Waals surface area contributed by atoms with E-state index in [2.05, 4.69) is 28.6 Å². The van der Waals surface area contributed by atoms with Crippen molar-refractivity contribution in [2.24, 2.45) is 0 Å². The zero-order chi connectivity index (χ0) is 18.1. The zero-order valence-corrected chi connectivity index (χ0v) is 15.4. The van der Waals surface area contributed by atoms with Crippen molar-refractivity contribution in [2.75, 3.05) is 39.6 Å². The summed E-state index contributed by atoms with van der Waals surface area (Å²) in [6.07, 6.45) is 2.24. The van der Waals surface area contributed by atoms with Gasteiger partial charge in [-0.3, -0.25) is 14.5 Å². The Labute approximate surface area is 157 Å². The van der Waals surface area contributed by atoms with Crippen LogP contribution in [0.25, 0.3) is 0 Å². The first-order valence-electron chi connectivity index (χ1n) is 9.05. The monoisotopic (exact) mass is 387 g/mol. The lowest BCUT2D eigenvalue weighted by molar-refractivity contribution is -0.139. The van der Waals surface area contributed by atoms with Crippen LogP contribution in [0.1, 0.15) is 19.3 Å². The van der Waals surface area contributed by atoms with Crippen LogP contribution in [-0.4, -0.2) is 90.5 Å². The van der Waals surface area contributed by atoms with Crippen LogP contribution >= 0.6 is 12.9 Å². The van der Waals surface area contributed by atoms with Crippen molar-refractivity contribution >= 4 is 24.8 Å². The van der Waals surface area contributed by atoms with Crippen LogP contribution in [0, 0.1) is 0 Å². The summed E-state index contributed by atoms with van der Waals surface area (Å²) < 4.78 is 10.2. The highest BCUT2D eigenvalue weighted by Gasteiger charge is 2.48. The minimum absolute atomic E-state index is 0.0424. The molecule has 0 aromatic heterocycles. The summed E-state index contributed by atoms with van der Waals surface area (Å²) in [6.45, 7) is 4.22. The summed E-state index contributed by atoms with van der Waals surface area (Å²) in [5.74, 6) is -0.291. The van der Waals surface area contributed by atoms with Crippen LogP contribution < -0.4 is 10.8 Å². The van der Waals surface area contributed by atoms with Gasteiger partial charge < -0.3 is 15.0 Å². The molecule has 3 amide bonds. The van der Waals surface area contributed by atoms with Crippen molar-refractivity contribution in [2.45, 2.75) is 43.4 Å². The Bertz CT molecular complexity index is 549. The molecule has 0 saturated carbocycles. The van der Waals surface area contributed by atoms with E-state index < -0.39 is 6.04 Å². The van der Waals surface area contributed by atoms with Crippen LogP contribution in [0.3, 0.4) is 0 Å². The minimum Gasteiger partial charge on any atom is -0.365 e. The Morgan fingerprint density at radius 3 is 3.04 bits per heavy atom. The van der Waals surface area contributed by atoms with Crippen LogP contribution in [0.15, 0.2) is 0 Å². The van der Waals surface area contributed by atoms with Gasteiger partial charge in [0.25, 0.3) is 5.91 Å². The Hall–Kier alpha value is -1.11. The molecule has 4 saturated heterocycles. The van der Waals surface area contributed by atoms with Crippen LogP contribution in [0.2, 0.25) is 0 Å². The average Bonchev–Trinajstić information content (AvgIpc) is 3.37. The number of hydroxylamine groups is 3. The molecule has 0 radical (unpaired) electrons. The topological polar surface area (TPSA) is 95.6 Å². The highest BCUT2D eigenvalue weighted by Crippen LogP contribution is 2.30. The van der Waals surface area contributed by atoms with Crippen molar-refractivity contribution in [3.05, 3.63) is 0 Å². The molecule has 0 aliphatic carbocycles. The van der Waals surface area contributed by atoms with Gasteiger partial charge in [0, 0.05) is 44.6 Å². The molecule has 0 aromatic rings. The molecule has 26 heavy (non-hydrogen) atoms. The van der Waals surface area contributed by atoms with E-state index in [9.17, 15) is 9.59 Å². The molecule has 4 aliphatic heterocycles. The maximum absolute atomic E-state index is 12.4. The molecule has 4 rings (SSSR count). The zero-order valence-electron chi connectivity index (χ0n) is 14.5. The highest BCUT2D eigenvalue weighted by atomic mass is 32.1. The maximum Gasteiger partial charge on any atom is 0.345 e. The molecule has 2 bridgehead atoms. The first kappa shape index (κ1) is 18.3. The quantitative estimate of drug-likeness (QED) is 0.309. The molecule has 11 heteroatoms. The Morgan fingerprint density at radius 2 is 2.27 bits per heavy atom. The van der Waals surface area contributed by atoms with Crippen molar-refractivity contribution in [3.8, 4) is 0 Å². The van der Waals surface area contributed by atoms with Gasteiger partial charge in [-0.1, -0.05) is 0 Å². The van der Waals surface area contributed by atoms with Crippen LogP contribution in [0.4, 0.5) is 4.79 Å². The largest absolute Gasteiger partial charge is 0.365 e. The van der Waals surface area contributed by atoms with Gasteiger partial charge in [0.05, 0.1) is 26.0 Å². The SMILES string of the molecule is O=C(NOC[C@H]1C[C@H](N2CCOC2)CN1)C1CCC2CN1C(=O)N2OS. The number of thiol groups is 1. The predicted octanol–water partition coefficient (Wildman–Crippen LogP) is -0.901. The van der Waals surface area contributed by atoms with E-state index in [-0.39, 0.29) is 24.0 Å². The van der Waals surface area contributed by atoms with E-state index in [1.807, 2.05) is 0 Å². The summed E-state index contributed by atoms with van der Waals surface area (Å²) in [5.41, 5.74) is 2.51. The number of carbonyl (C=O) groups is 2. The number of hydrogen-bond donors (Lipinski definition) is 3. The van der Waals surface area contributed by atoms with Crippen molar-refractivity contribution in [1.82, 2.24) is 25.7 Å². The third kappa shape index (κ3) is 3.51. The molecule has 0 spiro atoms. The number of piperidine rings is 1. The fourth-order valence-corrected chi connectivity index (χ4v) is 4.42. The number of hydrogen-bond acceptors (Lipinski definition) is 8. The molecule has 4 fully saturated rings. The number of nitrogens with one attached hydrogen (secondary N) is 2. The Morgan fingerprint density at radius 1 is 1.38 bits per heavy atom. The number of nitrogens with zero attached hydrogens (tertiary/aromatic N) is 3. The summed E-state index contributed by atoms with van der Waals surface area (Å²) in [6, 6.07) is -0.252. The molecule has 0 aromatic carbocycles. The van der Waals surface area contributed by atoms with Crippen molar-refractivity contribution < 1.29 is 23.4 Å². The second-order valence-electron chi connectivity index (χ2n) is 7.21. The number of amides is 3. The molecular formula is C15H25N5O5S. The lowest BCUT2D eigenvalue weighted by Gasteiger charge is -2.29. The number of rotatable bonds is 6. The molecule has 4 aliphatic rings. The van der Waals surface area contributed by atoms with E-state index in [1.54, 1.807) is 0 Å². The van der Waals surface area contributed by atoms with Gasteiger partial charge in [0.2, 0.25) is 0 Å². The van der Waals surface area contributed by atoms with Gasteiger partial charge in [-0.25, -0.2) is 14.6 Å². The first-order valence-corrected chi connectivity index (χ1v) is 9.42. The predicted molar refractivity (Wildman–Crippen MR) is 92.6 cm³/mol. The Balaban J connectivity index is 1.21. The van der Waals surface area contributed by atoms with E-state index >= 15 is 0 Å².